The Bertz CT molecular complexity index is 574. The van der Waals surface area contributed by atoms with Gasteiger partial charge in [-0.15, -0.1) is 0 Å². The van der Waals surface area contributed by atoms with E-state index in [4.69, 9.17) is 0 Å². The van der Waals surface area contributed by atoms with Crippen LogP contribution in [0.4, 0.5) is 0 Å². The first-order valence-electron chi connectivity index (χ1n) is 9.14. The van der Waals surface area contributed by atoms with Crippen LogP contribution >= 0.6 is 0 Å². The Balaban J connectivity index is 1.71. The number of carbonyl (C=O) groups is 2. The largest absolute Gasteiger partial charge is 0.299 e. The fourth-order valence-electron chi connectivity index (χ4n) is 6.67. The molecule has 0 spiro atoms. The molecule has 6 unspecified atom stereocenters. The summed E-state index contributed by atoms with van der Waals surface area (Å²) in [5.74, 6) is 3.02. The molecule has 0 heterocycles. The van der Waals surface area contributed by atoms with E-state index in [1.165, 1.54) is 18.4 Å². The molecule has 0 radical (unpaired) electrons. The molecular formula is C20H28O2. The van der Waals surface area contributed by atoms with E-state index in [9.17, 15) is 9.59 Å². The fourth-order valence-corrected chi connectivity index (χ4v) is 6.67. The third kappa shape index (κ3) is 1.73. The van der Waals surface area contributed by atoms with Gasteiger partial charge in [0.05, 0.1) is 0 Å². The molecule has 2 heteroatoms. The minimum atomic E-state index is -0.0329. The van der Waals surface area contributed by atoms with Crippen LogP contribution < -0.4 is 0 Å². The van der Waals surface area contributed by atoms with Crippen LogP contribution in [0.15, 0.2) is 11.6 Å². The zero-order valence-electron chi connectivity index (χ0n) is 14.2. The molecule has 0 amide bonds. The van der Waals surface area contributed by atoms with Gasteiger partial charge in [-0.1, -0.05) is 26.3 Å². The maximum atomic E-state index is 12.4. The minimum absolute atomic E-state index is 0.0329. The lowest BCUT2D eigenvalue weighted by Gasteiger charge is -2.57. The van der Waals surface area contributed by atoms with E-state index in [2.05, 4.69) is 20.8 Å². The van der Waals surface area contributed by atoms with Gasteiger partial charge in [0.25, 0.3) is 0 Å². The quantitative estimate of drug-likeness (QED) is 0.667. The second-order valence-corrected chi connectivity index (χ2v) is 8.93. The molecule has 0 aromatic carbocycles. The molecule has 0 aromatic heterocycles. The first kappa shape index (κ1) is 14.7. The third-order valence-electron chi connectivity index (χ3n) is 7.98. The number of fused-ring (bicyclic) bond motifs is 5. The monoisotopic (exact) mass is 300 g/mol. The maximum absolute atomic E-state index is 12.4. The van der Waals surface area contributed by atoms with Crippen LogP contribution in [0.1, 0.15) is 65.7 Å². The summed E-state index contributed by atoms with van der Waals surface area (Å²) in [7, 11) is 0. The molecule has 4 rings (SSSR count). The van der Waals surface area contributed by atoms with Gasteiger partial charge in [0.2, 0.25) is 0 Å². The molecule has 3 saturated carbocycles. The maximum Gasteiger partial charge on any atom is 0.158 e. The second-order valence-electron chi connectivity index (χ2n) is 8.93. The van der Waals surface area contributed by atoms with Crippen LogP contribution in [0.5, 0.6) is 0 Å². The lowest BCUT2D eigenvalue weighted by Crippen LogP contribution is -2.51. The van der Waals surface area contributed by atoms with Crippen molar-refractivity contribution in [3.63, 3.8) is 0 Å². The first-order chi connectivity index (χ1) is 10.4. The van der Waals surface area contributed by atoms with Crippen molar-refractivity contribution in [2.45, 2.75) is 65.7 Å². The summed E-state index contributed by atoms with van der Waals surface area (Å²) in [6.45, 7) is 6.75. The van der Waals surface area contributed by atoms with Crippen molar-refractivity contribution >= 4 is 11.6 Å². The molecular weight excluding hydrogens is 272 g/mol. The fraction of sp³-hybridized carbons (Fsp3) is 0.800. The smallest absolute Gasteiger partial charge is 0.158 e. The van der Waals surface area contributed by atoms with E-state index in [1.54, 1.807) is 0 Å². The van der Waals surface area contributed by atoms with Crippen LogP contribution in [0.25, 0.3) is 0 Å². The predicted octanol–water partition coefficient (Wildman–Crippen LogP) is 4.33. The molecule has 0 bridgehead atoms. The van der Waals surface area contributed by atoms with Crippen molar-refractivity contribution in [2.75, 3.05) is 0 Å². The number of Topliss-reactive ketones (excluding diaryl/α,β-unsaturated/α-hetero) is 1. The molecule has 6 atom stereocenters. The van der Waals surface area contributed by atoms with E-state index in [0.717, 1.165) is 32.1 Å². The molecule has 0 aliphatic heterocycles. The van der Waals surface area contributed by atoms with Gasteiger partial charge in [-0.3, -0.25) is 9.59 Å². The molecule has 120 valence electrons. The number of hydrogen-bond acceptors (Lipinski definition) is 2. The highest BCUT2D eigenvalue weighted by atomic mass is 16.1. The van der Waals surface area contributed by atoms with Crippen molar-refractivity contribution in [2.24, 2.45) is 34.5 Å². The third-order valence-corrected chi connectivity index (χ3v) is 7.98. The van der Waals surface area contributed by atoms with Gasteiger partial charge in [0, 0.05) is 17.8 Å². The van der Waals surface area contributed by atoms with Crippen LogP contribution in [-0.2, 0) is 9.59 Å². The van der Waals surface area contributed by atoms with Crippen LogP contribution in [-0.4, -0.2) is 11.6 Å². The highest BCUT2D eigenvalue weighted by molar-refractivity contribution is 5.93. The number of ketones is 2. The van der Waals surface area contributed by atoms with Crippen LogP contribution in [0, 0.1) is 34.5 Å². The second kappa shape index (κ2) is 4.55. The molecule has 0 N–H and O–H groups in total. The number of allylic oxidation sites excluding steroid dienone is 1. The summed E-state index contributed by atoms with van der Waals surface area (Å²) in [6.07, 6.45) is 9.45. The minimum Gasteiger partial charge on any atom is -0.299 e. The Labute approximate surface area is 133 Å². The first-order valence-corrected chi connectivity index (χ1v) is 9.14. The Morgan fingerprint density at radius 1 is 1.00 bits per heavy atom. The summed E-state index contributed by atoms with van der Waals surface area (Å²) in [6, 6.07) is 0. The Kier molecular flexibility index (Phi) is 3.03. The molecule has 4 aliphatic carbocycles. The molecule has 0 aromatic rings. The van der Waals surface area contributed by atoms with Crippen molar-refractivity contribution in [3.05, 3.63) is 11.6 Å². The summed E-state index contributed by atoms with van der Waals surface area (Å²) >= 11 is 0. The standard InChI is InChI=1S/C20H28O2/c1-12-11-20(3)13(10-17(12)21)4-5-14-15-6-7-18(22)19(15,2)9-8-16(14)20/h10,12,14-16H,4-9,11H2,1-3H3. The number of rotatable bonds is 0. The van der Waals surface area contributed by atoms with E-state index in [0.29, 0.717) is 29.3 Å². The molecule has 3 fully saturated rings. The molecule has 2 nitrogen and oxygen atoms in total. The van der Waals surface area contributed by atoms with E-state index in [-0.39, 0.29) is 16.7 Å². The normalized spacial score (nSPS) is 51.0. The van der Waals surface area contributed by atoms with Gasteiger partial charge in [-0.25, -0.2) is 0 Å². The highest BCUT2D eigenvalue weighted by Crippen LogP contribution is 2.64. The molecule has 22 heavy (non-hydrogen) atoms. The summed E-state index contributed by atoms with van der Waals surface area (Å²) in [5.41, 5.74) is 1.60. The topological polar surface area (TPSA) is 34.1 Å². The van der Waals surface area contributed by atoms with E-state index >= 15 is 0 Å². The van der Waals surface area contributed by atoms with Gasteiger partial charge in [-0.2, -0.15) is 0 Å². The summed E-state index contributed by atoms with van der Waals surface area (Å²) in [5, 5.41) is 0. The van der Waals surface area contributed by atoms with Crippen molar-refractivity contribution < 1.29 is 9.59 Å². The van der Waals surface area contributed by atoms with Crippen LogP contribution in [0.3, 0.4) is 0 Å². The molecule has 4 aliphatic rings. The average Bonchev–Trinajstić information content (AvgIpc) is 2.77. The van der Waals surface area contributed by atoms with Gasteiger partial charge in [0.1, 0.15) is 5.78 Å². The predicted molar refractivity (Wildman–Crippen MR) is 86.3 cm³/mol. The SMILES string of the molecule is CC1CC2(C)C(=CC1=O)CCC1C3CCC(=O)C3(C)CCC12. The zero-order chi connectivity index (χ0) is 15.7. The summed E-state index contributed by atoms with van der Waals surface area (Å²) < 4.78 is 0. The van der Waals surface area contributed by atoms with Crippen molar-refractivity contribution in [3.8, 4) is 0 Å². The van der Waals surface area contributed by atoms with Crippen molar-refractivity contribution in [1.82, 2.24) is 0 Å². The van der Waals surface area contributed by atoms with Crippen LogP contribution in [0.2, 0.25) is 0 Å². The number of hydrogen-bond donors (Lipinski definition) is 0. The molecule has 0 saturated heterocycles. The number of carbonyl (C=O) groups excluding carboxylic acids is 2. The van der Waals surface area contributed by atoms with Gasteiger partial charge in [-0.05, 0) is 67.8 Å². The van der Waals surface area contributed by atoms with Gasteiger partial charge in [0.15, 0.2) is 5.78 Å². The Morgan fingerprint density at radius 3 is 2.50 bits per heavy atom. The highest BCUT2D eigenvalue weighted by Gasteiger charge is 2.59. The lowest BCUT2D eigenvalue weighted by atomic mass is 9.47. The van der Waals surface area contributed by atoms with E-state index < -0.39 is 0 Å². The zero-order valence-corrected chi connectivity index (χ0v) is 14.2. The van der Waals surface area contributed by atoms with E-state index in [1.807, 2.05) is 6.08 Å². The Morgan fingerprint density at radius 2 is 1.73 bits per heavy atom. The van der Waals surface area contributed by atoms with Gasteiger partial charge < -0.3 is 0 Å². The van der Waals surface area contributed by atoms with Crippen molar-refractivity contribution in [1.29, 1.82) is 0 Å². The lowest BCUT2D eigenvalue weighted by molar-refractivity contribution is -0.133. The average molecular weight is 300 g/mol. The Hall–Kier alpha value is -0.920. The van der Waals surface area contributed by atoms with Gasteiger partial charge >= 0.3 is 0 Å². The summed E-state index contributed by atoms with van der Waals surface area (Å²) in [4.78, 5) is 24.5.